The van der Waals surface area contributed by atoms with E-state index >= 15 is 0 Å². The lowest BCUT2D eigenvalue weighted by Crippen LogP contribution is -2.46. The zero-order valence-electron chi connectivity index (χ0n) is 15.4. The van der Waals surface area contributed by atoms with Gasteiger partial charge in [-0.25, -0.2) is 9.97 Å². The minimum absolute atomic E-state index is 0.0445. The largest absolute Gasteiger partial charge is 0.408 e. The predicted molar refractivity (Wildman–Crippen MR) is 97.9 cm³/mol. The van der Waals surface area contributed by atoms with Gasteiger partial charge in [0, 0.05) is 11.8 Å². The highest BCUT2D eigenvalue weighted by atomic mass is 19.4. The third kappa shape index (κ3) is 3.66. The lowest BCUT2D eigenvalue weighted by Gasteiger charge is -2.21. The van der Waals surface area contributed by atoms with E-state index < -0.39 is 24.0 Å². The number of amides is 1. The number of aryl methyl sites for hydroxylation is 1. The van der Waals surface area contributed by atoms with Crippen molar-refractivity contribution in [2.45, 2.75) is 32.0 Å². The first-order valence-corrected chi connectivity index (χ1v) is 9.02. The first kappa shape index (κ1) is 18.9. The second-order valence-corrected chi connectivity index (χ2v) is 7.04. The summed E-state index contributed by atoms with van der Waals surface area (Å²) in [6.45, 7) is 1.71. The van der Waals surface area contributed by atoms with Crippen LogP contribution in [0.3, 0.4) is 0 Å². The molecule has 2 aromatic heterocycles. The van der Waals surface area contributed by atoms with Crippen molar-refractivity contribution in [3.63, 3.8) is 0 Å². The Hall–Kier alpha value is -3.41. The van der Waals surface area contributed by atoms with Gasteiger partial charge in [-0.1, -0.05) is 12.1 Å². The molecular weight excluding hydrogens is 383 g/mol. The van der Waals surface area contributed by atoms with Crippen molar-refractivity contribution in [3.05, 3.63) is 53.5 Å². The van der Waals surface area contributed by atoms with Gasteiger partial charge in [0.05, 0.1) is 17.2 Å². The van der Waals surface area contributed by atoms with Crippen molar-refractivity contribution in [2.75, 3.05) is 0 Å². The highest BCUT2D eigenvalue weighted by Crippen LogP contribution is 2.40. The molecule has 1 amide bonds. The number of carbonyl (C=O) groups excluding carboxylic acids is 1. The molecule has 1 aliphatic rings. The van der Waals surface area contributed by atoms with Gasteiger partial charge in [-0.3, -0.25) is 9.20 Å². The average molecular weight is 399 g/mol. The number of fused-ring (bicyclic) bond motifs is 1. The Morgan fingerprint density at radius 3 is 2.72 bits per heavy atom. The summed E-state index contributed by atoms with van der Waals surface area (Å²) >= 11 is 0. The van der Waals surface area contributed by atoms with E-state index in [1.165, 1.54) is 6.07 Å². The van der Waals surface area contributed by atoms with Gasteiger partial charge in [-0.2, -0.15) is 18.4 Å². The Bertz CT molecular complexity index is 1140. The third-order valence-corrected chi connectivity index (χ3v) is 4.91. The van der Waals surface area contributed by atoms with Crippen LogP contribution >= 0.6 is 0 Å². The van der Waals surface area contributed by atoms with Crippen molar-refractivity contribution in [3.8, 4) is 17.5 Å². The first-order chi connectivity index (χ1) is 13.8. The average Bonchev–Trinajstić information content (AvgIpc) is 3.42. The molecule has 0 radical (unpaired) electrons. The van der Waals surface area contributed by atoms with Gasteiger partial charge < -0.3 is 5.32 Å². The molecule has 4 rings (SSSR count). The first-order valence-electron chi connectivity index (χ1n) is 9.02. The fourth-order valence-corrected chi connectivity index (χ4v) is 3.28. The van der Waals surface area contributed by atoms with Crippen LogP contribution in [0.15, 0.2) is 36.5 Å². The number of hydrogen-bond donors (Lipinski definition) is 1. The molecule has 1 unspecified atom stereocenters. The van der Waals surface area contributed by atoms with Crippen molar-refractivity contribution in [2.24, 2.45) is 5.92 Å². The Morgan fingerprint density at radius 1 is 1.31 bits per heavy atom. The summed E-state index contributed by atoms with van der Waals surface area (Å²) in [5.74, 6) is -0.597. The van der Waals surface area contributed by atoms with Crippen molar-refractivity contribution < 1.29 is 18.0 Å². The number of nitrogens with one attached hydrogen (secondary N) is 1. The van der Waals surface area contributed by atoms with Gasteiger partial charge in [0.25, 0.3) is 5.91 Å². The molecule has 6 nitrogen and oxygen atoms in total. The van der Waals surface area contributed by atoms with Crippen LogP contribution in [-0.4, -0.2) is 32.5 Å². The highest BCUT2D eigenvalue weighted by Gasteiger charge is 2.49. The van der Waals surface area contributed by atoms with Gasteiger partial charge >= 0.3 is 6.18 Å². The third-order valence-electron chi connectivity index (χ3n) is 4.91. The van der Waals surface area contributed by atoms with Crippen molar-refractivity contribution in [1.82, 2.24) is 19.7 Å². The number of carbonyl (C=O) groups is 1. The summed E-state index contributed by atoms with van der Waals surface area (Å²) in [6.07, 6.45) is -2.06. The molecule has 9 heteroatoms. The number of halogens is 3. The van der Waals surface area contributed by atoms with E-state index in [1.54, 1.807) is 41.8 Å². The van der Waals surface area contributed by atoms with E-state index in [2.05, 4.69) is 15.3 Å². The Labute approximate surface area is 164 Å². The molecule has 1 N–H and O–H groups in total. The lowest BCUT2D eigenvalue weighted by molar-refractivity contribution is -0.158. The van der Waals surface area contributed by atoms with Crippen LogP contribution in [0.2, 0.25) is 0 Å². The SMILES string of the molecule is Cc1nc(-c2cccc(C#N)c2)nc2c(C(=O)NC(C3CC3)C(F)(F)F)ccn12. The monoisotopic (exact) mass is 399 g/mol. The summed E-state index contributed by atoms with van der Waals surface area (Å²) in [7, 11) is 0. The van der Waals surface area contributed by atoms with Crippen LogP contribution < -0.4 is 5.32 Å². The molecule has 29 heavy (non-hydrogen) atoms. The Morgan fingerprint density at radius 2 is 2.07 bits per heavy atom. The second-order valence-electron chi connectivity index (χ2n) is 7.04. The zero-order chi connectivity index (χ0) is 20.8. The van der Waals surface area contributed by atoms with Crippen LogP contribution in [0.4, 0.5) is 13.2 Å². The van der Waals surface area contributed by atoms with Gasteiger partial charge in [-0.15, -0.1) is 0 Å². The summed E-state index contributed by atoms with van der Waals surface area (Å²) in [6, 6.07) is 8.27. The highest BCUT2D eigenvalue weighted by molar-refractivity contribution is 6.00. The lowest BCUT2D eigenvalue weighted by atomic mass is 10.1. The number of alkyl halides is 3. The summed E-state index contributed by atoms with van der Waals surface area (Å²) in [4.78, 5) is 21.4. The number of benzene rings is 1. The van der Waals surface area contributed by atoms with Crippen LogP contribution in [0.25, 0.3) is 17.0 Å². The van der Waals surface area contributed by atoms with Crippen LogP contribution in [0, 0.1) is 24.2 Å². The quantitative estimate of drug-likeness (QED) is 0.726. The standard InChI is InChI=1S/C20H16F3N5O/c1-11-25-17(14-4-2-3-12(9-14)10-24)27-18-15(7-8-28(11)18)19(29)26-16(13-5-6-13)20(21,22)23/h2-4,7-9,13,16H,5-6H2,1H3,(H,26,29). The Balaban J connectivity index is 1.73. The van der Waals surface area contributed by atoms with E-state index in [0.717, 1.165) is 0 Å². The maximum Gasteiger partial charge on any atom is 0.408 e. The van der Waals surface area contributed by atoms with Crippen LogP contribution in [0.1, 0.15) is 34.6 Å². The smallest absolute Gasteiger partial charge is 0.340 e. The number of aromatic nitrogens is 3. The molecule has 0 spiro atoms. The molecule has 3 aromatic rings. The maximum absolute atomic E-state index is 13.3. The molecule has 1 atom stereocenters. The molecular formula is C20H16F3N5O. The number of rotatable bonds is 4. The molecule has 0 aliphatic heterocycles. The summed E-state index contributed by atoms with van der Waals surface area (Å²) < 4.78 is 41.4. The molecule has 1 saturated carbocycles. The van der Waals surface area contributed by atoms with E-state index in [-0.39, 0.29) is 17.0 Å². The van der Waals surface area contributed by atoms with E-state index in [0.29, 0.717) is 29.8 Å². The Kier molecular flexibility index (Phi) is 4.49. The van der Waals surface area contributed by atoms with E-state index in [1.807, 2.05) is 6.07 Å². The van der Waals surface area contributed by atoms with Gasteiger partial charge in [0.15, 0.2) is 11.5 Å². The normalized spacial score (nSPS) is 15.1. The maximum atomic E-state index is 13.3. The topological polar surface area (TPSA) is 83.1 Å². The number of nitrogens with zero attached hydrogens (tertiary/aromatic N) is 4. The summed E-state index contributed by atoms with van der Waals surface area (Å²) in [5, 5.41) is 11.2. The number of hydrogen-bond acceptors (Lipinski definition) is 4. The zero-order valence-corrected chi connectivity index (χ0v) is 15.4. The molecule has 1 fully saturated rings. The fourth-order valence-electron chi connectivity index (χ4n) is 3.28. The second kappa shape index (κ2) is 6.88. The molecule has 148 valence electrons. The predicted octanol–water partition coefficient (Wildman–Crippen LogP) is 3.65. The molecule has 2 heterocycles. The fraction of sp³-hybridized carbons (Fsp3) is 0.300. The molecule has 1 aromatic carbocycles. The van der Waals surface area contributed by atoms with Crippen molar-refractivity contribution >= 4 is 11.6 Å². The minimum Gasteiger partial charge on any atom is -0.340 e. The minimum atomic E-state index is -4.50. The van der Waals surface area contributed by atoms with Gasteiger partial charge in [0.2, 0.25) is 0 Å². The van der Waals surface area contributed by atoms with Crippen LogP contribution in [0.5, 0.6) is 0 Å². The summed E-state index contributed by atoms with van der Waals surface area (Å²) in [5.41, 5.74) is 1.26. The number of nitriles is 1. The van der Waals surface area contributed by atoms with Gasteiger partial charge in [0.1, 0.15) is 11.9 Å². The molecule has 0 bridgehead atoms. The van der Waals surface area contributed by atoms with E-state index in [9.17, 15) is 18.0 Å². The van der Waals surface area contributed by atoms with Crippen molar-refractivity contribution in [1.29, 1.82) is 5.26 Å². The van der Waals surface area contributed by atoms with Gasteiger partial charge in [-0.05, 0) is 43.9 Å². The molecule has 0 saturated heterocycles. The molecule has 1 aliphatic carbocycles. The van der Waals surface area contributed by atoms with E-state index in [4.69, 9.17) is 5.26 Å². The van der Waals surface area contributed by atoms with Crippen LogP contribution in [-0.2, 0) is 0 Å².